The molecule has 2 N–H and O–H groups in total. The van der Waals surface area contributed by atoms with Gasteiger partial charge in [0.1, 0.15) is 0 Å². The second kappa shape index (κ2) is 10.0. The topological polar surface area (TPSA) is 74.6 Å². The number of aliphatic carboxylic acids is 2. The minimum absolute atomic E-state index is 0. The van der Waals surface area contributed by atoms with Gasteiger partial charge in [0.05, 0.1) is 0 Å². The quantitative estimate of drug-likeness (QED) is 0.387. The Hall–Kier alpha value is 0.200. The SMILES string of the molecule is CCCCCCCC(C(=O)O)(C(=O)O)C(C)C.[CaH2]. The molecule has 0 radical (unpaired) electrons. The van der Waals surface area contributed by atoms with Crippen LogP contribution in [0.3, 0.4) is 0 Å². The Morgan fingerprint density at radius 3 is 1.78 bits per heavy atom. The van der Waals surface area contributed by atoms with Crippen molar-refractivity contribution in [1.29, 1.82) is 0 Å². The third-order valence-corrected chi connectivity index (χ3v) is 3.42. The maximum absolute atomic E-state index is 11.2. The molecule has 0 atom stereocenters. The summed E-state index contributed by atoms with van der Waals surface area (Å²) in [5.74, 6) is -2.82. The monoisotopic (exact) mass is 286 g/mol. The van der Waals surface area contributed by atoms with Crippen LogP contribution in [-0.4, -0.2) is 59.9 Å². The molecular weight excluding hydrogens is 260 g/mol. The number of carbonyl (C=O) groups is 2. The van der Waals surface area contributed by atoms with Gasteiger partial charge in [-0.2, -0.15) is 0 Å². The van der Waals surface area contributed by atoms with Gasteiger partial charge in [0.15, 0.2) is 5.41 Å². The first kappa shape index (κ1) is 20.5. The van der Waals surface area contributed by atoms with Gasteiger partial charge in [-0.25, -0.2) is 0 Å². The molecule has 0 fully saturated rings. The fourth-order valence-corrected chi connectivity index (χ4v) is 2.10. The number of carboxylic acids is 2. The molecule has 0 amide bonds. The summed E-state index contributed by atoms with van der Waals surface area (Å²) in [6.07, 6.45) is 5.07. The molecular formula is C13H26CaO4. The normalized spacial score (nSPS) is 11.1. The van der Waals surface area contributed by atoms with Gasteiger partial charge in [0.25, 0.3) is 0 Å². The molecule has 0 bridgehead atoms. The van der Waals surface area contributed by atoms with Gasteiger partial charge in [-0.15, -0.1) is 0 Å². The van der Waals surface area contributed by atoms with E-state index in [4.69, 9.17) is 0 Å². The Balaban J connectivity index is 0. The van der Waals surface area contributed by atoms with Crippen molar-refractivity contribution < 1.29 is 19.8 Å². The van der Waals surface area contributed by atoms with Gasteiger partial charge in [0.2, 0.25) is 0 Å². The third kappa shape index (κ3) is 5.45. The Morgan fingerprint density at radius 2 is 1.44 bits per heavy atom. The molecule has 18 heavy (non-hydrogen) atoms. The summed E-state index contributed by atoms with van der Waals surface area (Å²) in [6.45, 7) is 5.43. The molecule has 5 heteroatoms. The molecule has 0 unspecified atom stereocenters. The van der Waals surface area contributed by atoms with Crippen LogP contribution >= 0.6 is 0 Å². The summed E-state index contributed by atoms with van der Waals surface area (Å²) < 4.78 is 0. The fraction of sp³-hybridized carbons (Fsp3) is 0.846. The summed E-state index contributed by atoms with van der Waals surface area (Å²) in [6, 6.07) is 0. The number of unbranched alkanes of at least 4 members (excludes halogenated alkanes) is 4. The molecule has 0 saturated heterocycles. The van der Waals surface area contributed by atoms with Crippen LogP contribution in [0, 0.1) is 11.3 Å². The minimum atomic E-state index is -1.62. The van der Waals surface area contributed by atoms with E-state index in [1.807, 2.05) is 0 Å². The van der Waals surface area contributed by atoms with Crippen molar-refractivity contribution in [3.05, 3.63) is 0 Å². The Kier molecular flexibility index (Phi) is 11.4. The van der Waals surface area contributed by atoms with E-state index in [2.05, 4.69) is 6.92 Å². The van der Waals surface area contributed by atoms with Crippen LogP contribution in [0.5, 0.6) is 0 Å². The molecule has 0 aromatic heterocycles. The van der Waals surface area contributed by atoms with Crippen LogP contribution in [0.4, 0.5) is 0 Å². The zero-order chi connectivity index (χ0) is 13.5. The predicted octanol–water partition coefficient (Wildman–Crippen LogP) is 2.24. The van der Waals surface area contributed by atoms with E-state index in [0.717, 1.165) is 25.7 Å². The van der Waals surface area contributed by atoms with E-state index in [9.17, 15) is 19.8 Å². The van der Waals surface area contributed by atoms with Crippen molar-refractivity contribution in [2.45, 2.75) is 59.3 Å². The molecule has 0 saturated carbocycles. The number of hydrogen-bond acceptors (Lipinski definition) is 2. The van der Waals surface area contributed by atoms with E-state index in [1.54, 1.807) is 13.8 Å². The van der Waals surface area contributed by atoms with Gasteiger partial charge >= 0.3 is 49.7 Å². The second-order valence-electron chi connectivity index (χ2n) is 4.90. The Bertz CT molecular complexity index is 250. The van der Waals surface area contributed by atoms with E-state index >= 15 is 0 Å². The van der Waals surface area contributed by atoms with Crippen molar-refractivity contribution in [2.24, 2.45) is 11.3 Å². The van der Waals surface area contributed by atoms with Gasteiger partial charge < -0.3 is 10.2 Å². The summed E-state index contributed by atoms with van der Waals surface area (Å²) >= 11 is 0. The second-order valence-corrected chi connectivity index (χ2v) is 4.90. The van der Waals surface area contributed by atoms with E-state index < -0.39 is 23.3 Å². The maximum atomic E-state index is 11.2. The van der Waals surface area contributed by atoms with Crippen molar-refractivity contribution in [1.82, 2.24) is 0 Å². The van der Waals surface area contributed by atoms with Gasteiger partial charge in [-0.3, -0.25) is 9.59 Å². The molecule has 0 aliphatic rings. The molecule has 0 aromatic rings. The predicted molar refractivity (Wildman–Crippen MR) is 74.5 cm³/mol. The number of hydrogen-bond donors (Lipinski definition) is 2. The standard InChI is InChI=1S/C13H24O4.Ca.2H/c1-4-5-6-7-8-9-13(10(2)3,11(14)15)12(16)17;;;/h10H,4-9H2,1-3H3,(H,14,15)(H,16,17);;;. The zero-order valence-corrected chi connectivity index (χ0v) is 11.0. The Labute approximate surface area is 139 Å². The summed E-state index contributed by atoms with van der Waals surface area (Å²) in [7, 11) is 0. The van der Waals surface area contributed by atoms with E-state index in [-0.39, 0.29) is 44.2 Å². The van der Waals surface area contributed by atoms with Crippen LogP contribution in [0.15, 0.2) is 0 Å². The van der Waals surface area contributed by atoms with Crippen LogP contribution in [0.1, 0.15) is 59.3 Å². The molecule has 0 heterocycles. The van der Waals surface area contributed by atoms with Gasteiger partial charge in [0, 0.05) is 0 Å². The number of carboxylic acid groups (broad SMARTS) is 2. The Morgan fingerprint density at radius 1 is 1.00 bits per heavy atom. The van der Waals surface area contributed by atoms with E-state index in [0.29, 0.717) is 6.42 Å². The molecule has 104 valence electrons. The van der Waals surface area contributed by atoms with Crippen LogP contribution < -0.4 is 0 Å². The average molecular weight is 286 g/mol. The average Bonchev–Trinajstić information content (AvgIpc) is 2.21. The third-order valence-electron chi connectivity index (χ3n) is 3.42. The number of rotatable bonds is 9. The van der Waals surface area contributed by atoms with Crippen molar-refractivity contribution in [3.8, 4) is 0 Å². The van der Waals surface area contributed by atoms with Gasteiger partial charge in [-0.1, -0.05) is 52.9 Å². The molecule has 0 spiro atoms. The molecule has 4 nitrogen and oxygen atoms in total. The first-order chi connectivity index (χ1) is 7.89. The molecule has 0 aromatic carbocycles. The molecule has 0 rings (SSSR count). The first-order valence-electron chi connectivity index (χ1n) is 6.36. The zero-order valence-electron chi connectivity index (χ0n) is 11.0. The summed E-state index contributed by atoms with van der Waals surface area (Å²) in [5, 5.41) is 18.4. The van der Waals surface area contributed by atoms with Crippen LogP contribution in [-0.2, 0) is 9.59 Å². The van der Waals surface area contributed by atoms with Crippen molar-refractivity contribution >= 4 is 49.7 Å². The van der Waals surface area contributed by atoms with Crippen LogP contribution in [0.25, 0.3) is 0 Å². The van der Waals surface area contributed by atoms with Gasteiger partial charge in [-0.05, 0) is 12.3 Å². The first-order valence-corrected chi connectivity index (χ1v) is 6.36. The van der Waals surface area contributed by atoms with E-state index in [1.165, 1.54) is 0 Å². The van der Waals surface area contributed by atoms with Crippen LogP contribution in [0.2, 0.25) is 0 Å². The summed E-state index contributed by atoms with van der Waals surface area (Å²) in [4.78, 5) is 22.5. The molecule has 0 aliphatic carbocycles. The van der Waals surface area contributed by atoms with Crippen molar-refractivity contribution in [3.63, 3.8) is 0 Å². The van der Waals surface area contributed by atoms with Crippen molar-refractivity contribution in [2.75, 3.05) is 0 Å². The molecule has 0 aliphatic heterocycles. The summed E-state index contributed by atoms with van der Waals surface area (Å²) in [5.41, 5.74) is -1.62. The fourth-order valence-electron chi connectivity index (χ4n) is 2.10.